The van der Waals surface area contributed by atoms with Gasteiger partial charge < -0.3 is 19.7 Å². The predicted molar refractivity (Wildman–Crippen MR) is 61.7 cm³/mol. The van der Waals surface area contributed by atoms with E-state index < -0.39 is 6.09 Å². The van der Waals surface area contributed by atoms with Crippen LogP contribution in [0.2, 0.25) is 0 Å². The maximum absolute atomic E-state index is 11.6. The minimum Gasteiger partial charge on any atom is -0.453 e. The lowest BCUT2D eigenvalue weighted by Gasteiger charge is -2.35. The Kier molecular flexibility index (Phi) is 5.06. The first-order valence-electron chi connectivity index (χ1n) is 5.83. The van der Waals surface area contributed by atoms with Crippen molar-refractivity contribution in [2.24, 2.45) is 5.92 Å². The Morgan fingerprint density at radius 2 is 2.12 bits per heavy atom. The number of piperidine rings is 1. The molecule has 1 N–H and O–H groups in total. The molecular weight excluding hydrogens is 224 g/mol. The second-order valence-electron chi connectivity index (χ2n) is 4.28. The van der Waals surface area contributed by atoms with E-state index in [1.54, 1.807) is 11.8 Å². The molecule has 0 radical (unpaired) electrons. The molecule has 1 saturated heterocycles. The van der Waals surface area contributed by atoms with Gasteiger partial charge in [-0.2, -0.15) is 0 Å². The fourth-order valence-corrected chi connectivity index (χ4v) is 2.05. The van der Waals surface area contributed by atoms with Crippen molar-refractivity contribution in [3.8, 4) is 0 Å². The summed E-state index contributed by atoms with van der Waals surface area (Å²) in [6.07, 6.45) is 0.0500. The molecule has 1 aliphatic rings. The van der Waals surface area contributed by atoms with Crippen molar-refractivity contribution in [3.05, 3.63) is 0 Å². The monoisotopic (exact) mass is 244 g/mol. The molecule has 0 aromatic heterocycles. The molecule has 2 amide bonds. The van der Waals surface area contributed by atoms with Crippen LogP contribution in [-0.2, 0) is 9.47 Å². The highest BCUT2D eigenvalue weighted by Crippen LogP contribution is 2.17. The van der Waals surface area contributed by atoms with E-state index in [-0.39, 0.29) is 12.1 Å². The normalized spacial score (nSPS) is 24.1. The Morgan fingerprint density at radius 1 is 1.41 bits per heavy atom. The zero-order valence-electron chi connectivity index (χ0n) is 10.6. The molecule has 2 unspecified atom stereocenters. The number of hydrogen-bond acceptors (Lipinski definition) is 4. The maximum atomic E-state index is 11.6. The van der Waals surface area contributed by atoms with Crippen molar-refractivity contribution < 1.29 is 19.1 Å². The molecule has 98 valence electrons. The number of carbonyl (C=O) groups is 2. The lowest BCUT2D eigenvalue weighted by Crippen LogP contribution is -2.52. The minimum absolute atomic E-state index is 0.0735. The zero-order valence-corrected chi connectivity index (χ0v) is 10.6. The van der Waals surface area contributed by atoms with Gasteiger partial charge in [-0.15, -0.1) is 0 Å². The number of amides is 2. The van der Waals surface area contributed by atoms with E-state index in [2.05, 4.69) is 10.1 Å². The smallest absolute Gasteiger partial charge is 0.409 e. The number of likely N-dealkylation sites (tertiary alicyclic amines) is 1. The summed E-state index contributed by atoms with van der Waals surface area (Å²) in [6, 6.07) is -0.0735. The highest BCUT2D eigenvalue weighted by atomic mass is 16.6. The Labute approximate surface area is 101 Å². The predicted octanol–water partition coefficient (Wildman–Crippen LogP) is 1.21. The lowest BCUT2D eigenvalue weighted by molar-refractivity contribution is 0.0797. The molecule has 0 saturated carbocycles. The van der Waals surface area contributed by atoms with Gasteiger partial charge in [0.05, 0.1) is 19.8 Å². The van der Waals surface area contributed by atoms with E-state index in [4.69, 9.17) is 4.74 Å². The molecule has 6 heteroatoms. The Hall–Kier alpha value is -1.46. The average Bonchev–Trinajstić information content (AvgIpc) is 2.28. The van der Waals surface area contributed by atoms with Crippen LogP contribution in [0.1, 0.15) is 20.3 Å². The van der Waals surface area contributed by atoms with Gasteiger partial charge in [-0.25, -0.2) is 9.59 Å². The highest BCUT2D eigenvalue weighted by molar-refractivity contribution is 5.69. The maximum Gasteiger partial charge on any atom is 0.409 e. The van der Waals surface area contributed by atoms with Crippen LogP contribution in [-0.4, -0.2) is 49.9 Å². The average molecular weight is 244 g/mol. The summed E-state index contributed by atoms with van der Waals surface area (Å²) in [4.78, 5) is 24.3. The van der Waals surface area contributed by atoms with Crippen molar-refractivity contribution >= 4 is 12.2 Å². The van der Waals surface area contributed by atoms with Gasteiger partial charge in [-0.3, -0.25) is 0 Å². The van der Waals surface area contributed by atoms with Gasteiger partial charge in [0.2, 0.25) is 0 Å². The van der Waals surface area contributed by atoms with Crippen molar-refractivity contribution in [1.82, 2.24) is 10.2 Å². The molecule has 0 spiro atoms. The molecule has 1 fully saturated rings. The SMILES string of the molecule is CCOC(=O)N1CC(C)CC(NC(=O)OC)C1. The van der Waals surface area contributed by atoms with Crippen molar-refractivity contribution in [3.63, 3.8) is 0 Å². The third kappa shape index (κ3) is 4.13. The van der Waals surface area contributed by atoms with Crippen LogP contribution < -0.4 is 5.32 Å². The first-order chi connectivity index (χ1) is 8.06. The number of alkyl carbamates (subject to hydrolysis) is 1. The quantitative estimate of drug-likeness (QED) is 0.792. The van der Waals surface area contributed by atoms with Gasteiger partial charge in [0.1, 0.15) is 0 Å². The van der Waals surface area contributed by atoms with Crippen LogP contribution in [0.3, 0.4) is 0 Å². The molecule has 1 aliphatic heterocycles. The number of hydrogen-bond donors (Lipinski definition) is 1. The Bertz CT molecular complexity index is 283. The lowest BCUT2D eigenvalue weighted by atomic mass is 9.96. The van der Waals surface area contributed by atoms with E-state index in [0.717, 1.165) is 6.42 Å². The molecule has 1 heterocycles. The summed E-state index contributed by atoms with van der Waals surface area (Å²) in [5.74, 6) is 0.329. The number of nitrogens with one attached hydrogen (secondary N) is 1. The standard InChI is InChI=1S/C11H20N2O4/c1-4-17-11(15)13-6-8(2)5-9(7-13)12-10(14)16-3/h8-9H,4-7H2,1-3H3,(H,12,14). The number of ether oxygens (including phenoxy) is 2. The Balaban J connectivity index is 2.52. The fraction of sp³-hybridized carbons (Fsp3) is 0.818. The molecular formula is C11H20N2O4. The van der Waals surface area contributed by atoms with Crippen molar-refractivity contribution in [1.29, 1.82) is 0 Å². The molecule has 0 aliphatic carbocycles. The third-order valence-corrected chi connectivity index (χ3v) is 2.69. The van der Waals surface area contributed by atoms with Gasteiger partial charge in [0, 0.05) is 13.1 Å². The summed E-state index contributed by atoms with van der Waals surface area (Å²) >= 11 is 0. The molecule has 2 atom stereocenters. The molecule has 17 heavy (non-hydrogen) atoms. The number of nitrogens with zero attached hydrogens (tertiary/aromatic N) is 1. The molecule has 1 rings (SSSR count). The van der Waals surface area contributed by atoms with E-state index in [0.29, 0.717) is 25.6 Å². The summed E-state index contributed by atoms with van der Waals surface area (Å²) in [5.41, 5.74) is 0. The topological polar surface area (TPSA) is 67.9 Å². The van der Waals surface area contributed by atoms with E-state index in [9.17, 15) is 9.59 Å². The number of rotatable bonds is 2. The largest absolute Gasteiger partial charge is 0.453 e. The minimum atomic E-state index is -0.465. The molecule has 0 aromatic rings. The van der Waals surface area contributed by atoms with Crippen LogP contribution in [0.4, 0.5) is 9.59 Å². The van der Waals surface area contributed by atoms with Crippen LogP contribution in [0.5, 0.6) is 0 Å². The second-order valence-corrected chi connectivity index (χ2v) is 4.28. The second kappa shape index (κ2) is 6.32. The van der Waals surface area contributed by atoms with Gasteiger partial charge in [0.25, 0.3) is 0 Å². The van der Waals surface area contributed by atoms with Gasteiger partial charge in [-0.05, 0) is 19.3 Å². The fourth-order valence-electron chi connectivity index (χ4n) is 2.05. The summed E-state index contributed by atoms with van der Waals surface area (Å²) < 4.78 is 9.50. The van der Waals surface area contributed by atoms with Gasteiger partial charge in [0.15, 0.2) is 0 Å². The number of methoxy groups -OCH3 is 1. The van der Waals surface area contributed by atoms with Crippen LogP contribution in [0.25, 0.3) is 0 Å². The summed E-state index contributed by atoms with van der Waals surface area (Å²) in [5, 5.41) is 2.72. The summed E-state index contributed by atoms with van der Waals surface area (Å²) in [7, 11) is 1.32. The first-order valence-corrected chi connectivity index (χ1v) is 5.83. The van der Waals surface area contributed by atoms with Crippen LogP contribution in [0.15, 0.2) is 0 Å². The van der Waals surface area contributed by atoms with Crippen molar-refractivity contribution in [2.45, 2.75) is 26.3 Å². The summed E-state index contributed by atoms with van der Waals surface area (Å²) in [6.45, 7) is 5.31. The highest BCUT2D eigenvalue weighted by Gasteiger charge is 2.29. The van der Waals surface area contributed by atoms with E-state index >= 15 is 0 Å². The Morgan fingerprint density at radius 3 is 2.71 bits per heavy atom. The van der Waals surface area contributed by atoms with Gasteiger partial charge in [-0.1, -0.05) is 6.92 Å². The molecule has 0 aromatic carbocycles. The van der Waals surface area contributed by atoms with E-state index in [1.165, 1.54) is 7.11 Å². The van der Waals surface area contributed by atoms with Crippen LogP contribution >= 0.6 is 0 Å². The first kappa shape index (κ1) is 13.6. The molecule has 6 nitrogen and oxygen atoms in total. The third-order valence-electron chi connectivity index (χ3n) is 2.69. The van der Waals surface area contributed by atoms with Crippen molar-refractivity contribution in [2.75, 3.05) is 26.8 Å². The number of carbonyl (C=O) groups excluding carboxylic acids is 2. The zero-order chi connectivity index (χ0) is 12.8. The van der Waals surface area contributed by atoms with Crippen LogP contribution in [0, 0.1) is 5.92 Å². The van der Waals surface area contributed by atoms with E-state index in [1.807, 2.05) is 6.92 Å². The molecule has 0 bridgehead atoms. The van der Waals surface area contributed by atoms with Gasteiger partial charge >= 0.3 is 12.2 Å².